The van der Waals surface area contributed by atoms with Gasteiger partial charge in [-0.05, 0) is 44.2 Å². The third-order valence-corrected chi connectivity index (χ3v) is 4.34. The zero-order valence-corrected chi connectivity index (χ0v) is 14.2. The van der Waals surface area contributed by atoms with Crippen LogP contribution in [0.1, 0.15) is 33.7 Å². The highest BCUT2D eigenvalue weighted by Gasteiger charge is 2.28. The van der Waals surface area contributed by atoms with Crippen LogP contribution in [-0.2, 0) is 4.74 Å². The van der Waals surface area contributed by atoms with Gasteiger partial charge >= 0.3 is 0 Å². The Morgan fingerprint density at radius 2 is 2.12 bits per heavy atom. The second kappa shape index (κ2) is 6.29. The van der Waals surface area contributed by atoms with Gasteiger partial charge in [-0.25, -0.2) is 9.97 Å². The van der Waals surface area contributed by atoms with E-state index in [0.717, 1.165) is 22.4 Å². The second-order valence-corrected chi connectivity index (χ2v) is 6.28. The summed E-state index contributed by atoms with van der Waals surface area (Å²) in [7, 11) is 0. The molecule has 0 N–H and O–H groups in total. The molecule has 128 valence electrons. The Balaban J connectivity index is 1.56. The van der Waals surface area contributed by atoms with Crippen LogP contribution in [0.3, 0.4) is 0 Å². The minimum Gasteiger partial charge on any atom is -0.461 e. The summed E-state index contributed by atoms with van der Waals surface area (Å²) in [4.78, 5) is 23.4. The number of nitrogens with zero attached hydrogens (tertiary/aromatic N) is 3. The van der Waals surface area contributed by atoms with Gasteiger partial charge in [0.2, 0.25) is 0 Å². The van der Waals surface area contributed by atoms with Crippen LogP contribution in [0.2, 0.25) is 0 Å². The predicted molar refractivity (Wildman–Crippen MR) is 92.3 cm³/mol. The van der Waals surface area contributed by atoms with E-state index in [-0.39, 0.29) is 12.0 Å². The summed E-state index contributed by atoms with van der Waals surface area (Å²) >= 11 is 0. The Morgan fingerprint density at radius 3 is 2.96 bits per heavy atom. The van der Waals surface area contributed by atoms with Crippen LogP contribution in [0.15, 0.2) is 40.9 Å². The molecule has 1 unspecified atom stereocenters. The average Bonchev–Trinajstić information content (AvgIpc) is 3.00. The number of hydrogen-bond acceptors (Lipinski definition) is 5. The third-order valence-electron chi connectivity index (χ3n) is 4.34. The Bertz CT molecular complexity index is 935. The lowest BCUT2D eigenvalue weighted by Crippen LogP contribution is -2.42. The van der Waals surface area contributed by atoms with Crippen molar-refractivity contribution in [2.75, 3.05) is 19.7 Å². The van der Waals surface area contributed by atoms with E-state index in [1.807, 2.05) is 38.1 Å². The van der Waals surface area contributed by atoms with Gasteiger partial charge in [-0.2, -0.15) is 0 Å². The van der Waals surface area contributed by atoms with Gasteiger partial charge in [-0.15, -0.1) is 0 Å². The lowest BCUT2D eigenvalue weighted by atomic mass is 10.1. The van der Waals surface area contributed by atoms with Crippen molar-refractivity contribution in [3.8, 4) is 0 Å². The molecule has 3 aromatic rings. The maximum atomic E-state index is 12.9. The first-order valence-electron chi connectivity index (χ1n) is 8.31. The first-order chi connectivity index (χ1) is 12.1. The maximum absolute atomic E-state index is 12.9. The van der Waals surface area contributed by atoms with E-state index in [1.54, 1.807) is 17.2 Å². The number of carbonyl (C=O) groups is 1. The first kappa shape index (κ1) is 15.8. The molecule has 25 heavy (non-hydrogen) atoms. The minimum atomic E-state index is -0.294. The molecule has 1 fully saturated rings. The fourth-order valence-corrected chi connectivity index (χ4v) is 3.11. The van der Waals surface area contributed by atoms with Gasteiger partial charge in [0.15, 0.2) is 5.82 Å². The van der Waals surface area contributed by atoms with Gasteiger partial charge < -0.3 is 14.1 Å². The van der Waals surface area contributed by atoms with Crippen LogP contribution in [0, 0.1) is 13.8 Å². The molecule has 1 aliphatic heterocycles. The second-order valence-electron chi connectivity index (χ2n) is 6.28. The molecule has 0 spiro atoms. The Hall–Kier alpha value is -2.73. The molecule has 1 saturated heterocycles. The monoisotopic (exact) mass is 337 g/mol. The van der Waals surface area contributed by atoms with E-state index in [9.17, 15) is 4.79 Å². The largest absolute Gasteiger partial charge is 0.461 e. The fraction of sp³-hybridized carbons (Fsp3) is 0.316. The molecular weight excluding hydrogens is 318 g/mol. The lowest BCUT2D eigenvalue weighted by Gasteiger charge is -2.32. The number of amides is 1. The number of rotatable bonds is 2. The van der Waals surface area contributed by atoms with Crippen molar-refractivity contribution in [2.45, 2.75) is 20.0 Å². The van der Waals surface area contributed by atoms with Gasteiger partial charge in [-0.1, -0.05) is 0 Å². The van der Waals surface area contributed by atoms with Crippen molar-refractivity contribution in [2.24, 2.45) is 0 Å². The number of hydrogen-bond donors (Lipinski definition) is 0. The first-order valence-corrected chi connectivity index (χ1v) is 8.31. The molecular formula is C19H19N3O3. The number of aromatic nitrogens is 2. The van der Waals surface area contributed by atoms with Gasteiger partial charge in [0.25, 0.3) is 5.91 Å². The highest BCUT2D eigenvalue weighted by Crippen LogP contribution is 2.24. The van der Waals surface area contributed by atoms with Crippen LogP contribution in [0.5, 0.6) is 0 Å². The molecule has 6 nitrogen and oxygen atoms in total. The summed E-state index contributed by atoms with van der Waals surface area (Å²) in [5.74, 6) is 1.45. The highest BCUT2D eigenvalue weighted by molar-refractivity contribution is 5.97. The molecule has 0 bridgehead atoms. The van der Waals surface area contributed by atoms with Crippen LogP contribution >= 0.6 is 0 Å². The zero-order chi connectivity index (χ0) is 17.4. The van der Waals surface area contributed by atoms with Crippen LogP contribution in [0.25, 0.3) is 11.0 Å². The van der Waals surface area contributed by atoms with Gasteiger partial charge in [0.1, 0.15) is 17.4 Å². The van der Waals surface area contributed by atoms with E-state index in [0.29, 0.717) is 31.1 Å². The van der Waals surface area contributed by atoms with Gasteiger partial charge in [-0.3, -0.25) is 4.79 Å². The van der Waals surface area contributed by atoms with Crippen molar-refractivity contribution in [3.63, 3.8) is 0 Å². The van der Waals surface area contributed by atoms with Gasteiger partial charge in [0.05, 0.1) is 13.2 Å². The van der Waals surface area contributed by atoms with Crippen LogP contribution < -0.4 is 0 Å². The number of aryl methyl sites for hydroxylation is 2. The summed E-state index contributed by atoms with van der Waals surface area (Å²) < 4.78 is 11.3. The average molecular weight is 337 g/mol. The van der Waals surface area contributed by atoms with Crippen molar-refractivity contribution in [1.29, 1.82) is 0 Å². The standard InChI is InChI=1S/C19H19N3O3/c1-12-5-6-20-18(21-12)17-11-22(7-8-24-17)19(23)14-3-4-16-15(10-14)9-13(2)25-16/h3-6,9-10,17H,7-8,11H2,1-2H3. The SMILES string of the molecule is Cc1ccnc(C2CN(C(=O)c3ccc4oc(C)cc4c3)CCO2)n1. The Morgan fingerprint density at radius 1 is 1.24 bits per heavy atom. The number of fused-ring (bicyclic) bond motifs is 1. The summed E-state index contributed by atoms with van der Waals surface area (Å²) in [5.41, 5.74) is 2.33. The van der Waals surface area contributed by atoms with Crippen molar-refractivity contribution >= 4 is 16.9 Å². The number of benzene rings is 1. The lowest BCUT2D eigenvalue weighted by molar-refractivity contribution is -0.0268. The number of carbonyl (C=O) groups excluding carboxylic acids is 1. The minimum absolute atomic E-state index is 0.0123. The quantitative estimate of drug-likeness (QED) is 0.719. The van der Waals surface area contributed by atoms with E-state index in [1.165, 1.54) is 0 Å². The smallest absolute Gasteiger partial charge is 0.254 e. The molecule has 0 radical (unpaired) electrons. The summed E-state index contributed by atoms with van der Waals surface area (Å²) in [6, 6.07) is 9.31. The van der Waals surface area contributed by atoms with Crippen molar-refractivity contribution in [1.82, 2.24) is 14.9 Å². The van der Waals surface area contributed by atoms with E-state index < -0.39 is 0 Å². The Labute approximate surface area is 145 Å². The molecule has 1 aliphatic rings. The molecule has 6 heteroatoms. The van der Waals surface area contributed by atoms with Crippen molar-refractivity contribution in [3.05, 3.63) is 59.4 Å². The van der Waals surface area contributed by atoms with Gasteiger partial charge in [0, 0.05) is 29.4 Å². The van der Waals surface area contributed by atoms with E-state index in [2.05, 4.69) is 9.97 Å². The zero-order valence-electron chi connectivity index (χ0n) is 14.2. The molecule has 3 heterocycles. The highest BCUT2D eigenvalue weighted by atomic mass is 16.5. The topological polar surface area (TPSA) is 68.5 Å². The molecule has 0 saturated carbocycles. The number of morpholine rings is 1. The van der Waals surface area contributed by atoms with Crippen LogP contribution in [0.4, 0.5) is 0 Å². The summed E-state index contributed by atoms with van der Waals surface area (Å²) in [5, 5.41) is 0.940. The number of ether oxygens (including phenoxy) is 1. The molecule has 1 atom stereocenters. The fourth-order valence-electron chi connectivity index (χ4n) is 3.11. The summed E-state index contributed by atoms with van der Waals surface area (Å²) in [6.07, 6.45) is 1.43. The Kier molecular flexibility index (Phi) is 3.97. The molecule has 4 rings (SSSR count). The number of furan rings is 1. The summed E-state index contributed by atoms with van der Waals surface area (Å²) in [6.45, 7) is 5.30. The van der Waals surface area contributed by atoms with E-state index in [4.69, 9.17) is 9.15 Å². The predicted octanol–water partition coefficient (Wildman–Crippen LogP) is 3.05. The molecule has 2 aromatic heterocycles. The third kappa shape index (κ3) is 3.13. The van der Waals surface area contributed by atoms with Crippen LogP contribution in [-0.4, -0.2) is 40.5 Å². The molecule has 1 aromatic carbocycles. The normalized spacial score (nSPS) is 17.8. The van der Waals surface area contributed by atoms with E-state index >= 15 is 0 Å². The van der Waals surface area contributed by atoms with Crippen molar-refractivity contribution < 1.29 is 13.9 Å². The maximum Gasteiger partial charge on any atom is 0.254 e. The molecule has 1 amide bonds. The molecule has 0 aliphatic carbocycles.